The van der Waals surface area contributed by atoms with Crippen molar-refractivity contribution in [3.8, 4) is 0 Å². The average Bonchev–Trinajstić information content (AvgIpc) is 2.74. The van der Waals surface area contributed by atoms with Gasteiger partial charge in [0.05, 0.1) is 10.6 Å². The lowest BCUT2D eigenvalue weighted by atomic mass is 10.1. The standard InChI is InChI=1S/C10H15ClN2O5S2/c1-5-8(19-9(11)13-5)7-6(4-12-20(14,15)16)17-10(2,3)18-7/h6-7,12H,4H2,1-3H3,(H,14,15,16)/t6-,7+/m1/s1. The van der Waals surface area contributed by atoms with Gasteiger partial charge in [-0.2, -0.15) is 13.1 Å². The summed E-state index contributed by atoms with van der Waals surface area (Å²) in [5.74, 6) is -0.862. The van der Waals surface area contributed by atoms with Gasteiger partial charge >= 0.3 is 10.3 Å². The molecular weight excluding hydrogens is 328 g/mol. The number of aryl methyl sites for hydroxylation is 1. The number of thiazole rings is 1. The van der Waals surface area contributed by atoms with Crippen LogP contribution in [0.25, 0.3) is 0 Å². The van der Waals surface area contributed by atoms with E-state index in [-0.39, 0.29) is 6.54 Å². The van der Waals surface area contributed by atoms with E-state index in [4.69, 9.17) is 25.6 Å². The van der Waals surface area contributed by atoms with Crippen molar-refractivity contribution >= 4 is 33.2 Å². The Morgan fingerprint density at radius 2 is 2.15 bits per heavy atom. The van der Waals surface area contributed by atoms with Crippen molar-refractivity contribution in [3.63, 3.8) is 0 Å². The van der Waals surface area contributed by atoms with Crippen molar-refractivity contribution in [2.75, 3.05) is 6.54 Å². The van der Waals surface area contributed by atoms with Crippen LogP contribution in [0.1, 0.15) is 30.5 Å². The van der Waals surface area contributed by atoms with E-state index in [0.717, 1.165) is 4.88 Å². The van der Waals surface area contributed by atoms with Gasteiger partial charge in [-0.1, -0.05) is 11.6 Å². The first kappa shape index (κ1) is 16.1. The summed E-state index contributed by atoms with van der Waals surface area (Å²) in [6, 6.07) is 0. The van der Waals surface area contributed by atoms with Gasteiger partial charge in [-0.3, -0.25) is 4.55 Å². The Morgan fingerprint density at radius 1 is 1.50 bits per heavy atom. The summed E-state index contributed by atoms with van der Waals surface area (Å²) < 4.78 is 44.1. The zero-order valence-corrected chi connectivity index (χ0v) is 13.5. The first-order valence-electron chi connectivity index (χ1n) is 5.78. The van der Waals surface area contributed by atoms with Crippen LogP contribution in [0.15, 0.2) is 0 Å². The van der Waals surface area contributed by atoms with E-state index >= 15 is 0 Å². The molecule has 0 bridgehead atoms. The fraction of sp³-hybridized carbons (Fsp3) is 0.700. The molecule has 0 saturated carbocycles. The van der Waals surface area contributed by atoms with Crippen LogP contribution in [-0.2, 0) is 19.8 Å². The summed E-state index contributed by atoms with van der Waals surface area (Å²) in [6.07, 6.45) is -1.08. The van der Waals surface area contributed by atoms with Crippen molar-refractivity contribution in [3.05, 3.63) is 15.0 Å². The predicted molar refractivity (Wildman–Crippen MR) is 74.2 cm³/mol. The van der Waals surface area contributed by atoms with Crippen LogP contribution in [0.5, 0.6) is 0 Å². The summed E-state index contributed by atoms with van der Waals surface area (Å²) >= 11 is 7.13. The third-order valence-corrected chi connectivity index (χ3v) is 4.57. The van der Waals surface area contributed by atoms with E-state index in [1.807, 2.05) is 4.72 Å². The molecule has 0 radical (unpaired) electrons. The molecule has 1 aliphatic heterocycles. The number of nitrogens with zero attached hydrogens (tertiary/aromatic N) is 1. The second-order valence-corrected chi connectivity index (χ2v) is 7.69. The van der Waals surface area contributed by atoms with Crippen LogP contribution in [-0.4, -0.2) is 36.4 Å². The number of hydrogen-bond acceptors (Lipinski definition) is 6. The van der Waals surface area contributed by atoms with Crippen LogP contribution in [0, 0.1) is 6.92 Å². The summed E-state index contributed by atoms with van der Waals surface area (Å²) in [5.41, 5.74) is 0.711. The highest BCUT2D eigenvalue weighted by Gasteiger charge is 2.43. The number of halogens is 1. The van der Waals surface area contributed by atoms with Crippen molar-refractivity contribution in [1.82, 2.24) is 9.71 Å². The van der Waals surface area contributed by atoms with Crippen molar-refractivity contribution in [2.24, 2.45) is 0 Å². The summed E-state index contributed by atoms with van der Waals surface area (Å²) in [6.45, 7) is 5.14. The molecule has 0 unspecified atom stereocenters. The van der Waals surface area contributed by atoms with Crippen LogP contribution in [0.2, 0.25) is 4.47 Å². The Bertz CT molecular complexity index is 601. The highest BCUT2D eigenvalue weighted by molar-refractivity contribution is 7.83. The Hall–Kier alpha value is -0.290. The molecule has 1 aromatic rings. The summed E-state index contributed by atoms with van der Waals surface area (Å²) in [4.78, 5) is 4.89. The van der Waals surface area contributed by atoms with Gasteiger partial charge in [-0.15, -0.1) is 11.3 Å². The Kier molecular flexibility index (Phi) is 4.41. The quantitative estimate of drug-likeness (QED) is 0.808. The van der Waals surface area contributed by atoms with Crippen molar-refractivity contribution in [2.45, 2.75) is 38.8 Å². The van der Waals surface area contributed by atoms with Gasteiger partial charge in [0.25, 0.3) is 0 Å². The molecule has 1 fully saturated rings. The molecule has 2 N–H and O–H groups in total. The molecule has 0 amide bonds. The van der Waals surface area contributed by atoms with E-state index < -0.39 is 28.3 Å². The first-order chi connectivity index (χ1) is 9.07. The second-order valence-electron chi connectivity index (χ2n) is 4.83. The zero-order chi connectivity index (χ0) is 15.1. The smallest absolute Gasteiger partial charge is 0.333 e. The van der Waals surface area contributed by atoms with Gasteiger partial charge in [0.15, 0.2) is 10.3 Å². The number of hydrogen-bond donors (Lipinski definition) is 2. The molecule has 2 heterocycles. The van der Waals surface area contributed by atoms with Gasteiger partial charge in [0, 0.05) is 6.54 Å². The molecule has 114 valence electrons. The van der Waals surface area contributed by atoms with Gasteiger partial charge in [-0.25, -0.2) is 4.98 Å². The lowest BCUT2D eigenvalue weighted by molar-refractivity contribution is -0.146. The Morgan fingerprint density at radius 3 is 2.65 bits per heavy atom. The topological polar surface area (TPSA) is 97.8 Å². The van der Waals surface area contributed by atoms with Gasteiger partial charge in [0.2, 0.25) is 0 Å². The van der Waals surface area contributed by atoms with E-state index in [2.05, 4.69) is 4.98 Å². The zero-order valence-electron chi connectivity index (χ0n) is 11.1. The lowest BCUT2D eigenvalue weighted by Crippen LogP contribution is -2.34. The molecule has 20 heavy (non-hydrogen) atoms. The fourth-order valence-electron chi connectivity index (χ4n) is 2.03. The maximum Gasteiger partial charge on any atom is 0.333 e. The number of rotatable bonds is 4. The average molecular weight is 343 g/mol. The molecule has 2 atom stereocenters. The molecule has 10 heteroatoms. The summed E-state index contributed by atoms with van der Waals surface area (Å²) in [5, 5.41) is 0. The van der Waals surface area contributed by atoms with Crippen molar-refractivity contribution in [1.29, 1.82) is 0 Å². The molecule has 2 rings (SSSR count). The fourth-order valence-corrected chi connectivity index (χ4v) is 3.66. The van der Waals surface area contributed by atoms with Gasteiger partial charge in [-0.05, 0) is 20.8 Å². The first-order valence-corrected chi connectivity index (χ1v) is 8.41. The van der Waals surface area contributed by atoms with E-state index in [1.54, 1.807) is 20.8 Å². The minimum absolute atomic E-state index is 0.109. The van der Waals surface area contributed by atoms with Crippen LogP contribution >= 0.6 is 22.9 Å². The molecule has 1 saturated heterocycles. The normalized spacial score (nSPS) is 26.1. The lowest BCUT2D eigenvalue weighted by Gasteiger charge is -2.16. The monoisotopic (exact) mass is 342 g/mol. The van der Waals surface area contributed by atoms with Crippen molar-refractivity contribution < 1.29 is 22.4 Å². The molecule has 7 nitrogen and oxygen atoms in total. The van der Waals surface area contributed by atoms with E-state index in [9.17, 15) is 8.42 Å². The largest absolute Gasteiger partial charge is 0.343 e. The van der Waals surface area contributed by atoms with E-state index in [1.165, 1.54) is 11.3 Å². The maximum atomic E-state index is 10.8. The molecule has 1 aliphatic rings. The molecule has 0 aliphatic carbocycles. The van der Waals surface area contributed by atoms with Gasteiger partial charge < -0.3 is 9.47 Å². The third-order valence-electron chi connectivity index (χ3n) is 2.72. The molecule has 0 aromatic carbocycles. The number of nitrogens with one attached hydrogen (secondary N) is 1. The molecule has 0 spiro atoms. The molecule has 1 aromatic heterocycles. The van der Waals surface area contributed by atoms with Crippen LogP contribution in [0.3, 0.4) is 0 Å². The van der Waals surface area contributed by atoms with Crippen LogP contribution < -0.4 is 4.72 Å². The maximum absolute atomic E-state index is 10.8. The minimum atomic E-state index is -4.28. The SMILES string of the molecule is Cc1nc(Cl)sc1[C@H]1OC(C)(C)O[C@@H]1CNS(=O)(=O)O. The highest BCUT2D eigenvalue weighted by atomic mass is 35.5. The highest BCUT2D eigenvalue weighted by Crippen LogP contribution is 2.42. The minimum Gasteiger partial charge on any atom is -0.343 e. The predicted octanol–water partition coefficient (Wildman–Crippen LogP) is 1.69. The second kappa shape index (κ2) is 5.48. The molecular formula is C10H15ClN2O5S2. The number of ether oxygens (including phenoxy) is 2. The Balaban J connectivity index is 2.22. The van der Waals surface area contributed by atoms with Crippen LogP contribution in [0.4, 0.5) is 0 Å². The van der Waals surface area contributed by atoms with E-state index in [0.29, 0.717) is 10.2 Å². The Labute approximate surface area is 126 Å². The third kappa shape index (κ3) is 3.88. The number of aromatic nitrogens is 1. The van der Waals surface area contributed by atoms with Gasteiger partial charge in [0.1, 0.15) is 12.2 Å². The summed E-state index contributed by atoms with van der Waals surface area (Å²) in [7, 11) is -4.28.